The van der Waals surface area contributed by atoms with Crippen molar-refractivity contribution in [1.82, 2.24) is 0 Å². The molecule has 2 nitrogen and oxygen atoms in total. The lowest BCUT2D eigenvalue weighted by Gasteiger charge is -2.15. The zero-order valence-corrected chi connectivity index (χ0v) is 5.89. The molecule has 0 spiro atoms. The van der Waals surface area contributed by atoms with E-state index in [1.165, 1.54) is 0 Å². The first kappa shape index (κ1) is 8.34. The van der Waals surface area contributed by atoms with Gasteiger partial charge < -0.3 is 9.59 Å². The Morgan fingerprint density at radius 2 is 2.00 bits per heavy atom. The van der Waals surface area contributed by atoms with Gasteiger partial charge in [-0.25, -0.2) is 0 Å². The molecule has 0 aromatic heterocycles. The molecular formula is C7H12O2. The predicted molar refractivity (Wildman–Crippen MR) is 35.1 cm³/mol. The Bertz CT molecular complexity index is 109. The fourth-order valence-electron chi connectivity index (χ4n) is 0.466. The second kappa shape index (κ2) is 3.38. The van der Waals surface area contributed by atoms with Crippen LogP contribution in [-0.4, -0.2) is 12.6 Å². The first-order chi connectivity index (χ1) is 4.18. The minimum absolute atomic E-state index is 0.340. The van der Waals surface area contributed by atoms with Gasteiger partial charge in [0.05, 0.1) is 0 Å². The Balaban J connectivity index is 3.90. The Kier molecular flexibility index (Phi) is 3.13. The second-order valence-corrected chi connectivity index (χ2v) is 2.50. The summed E-state index contributed by atoms with van der Waals surface area (Å²) in [5, 5.41) is 0. The summed E-state index contributed by atoms with van der Waals surface area (Å²) in [5.41, 5.74) is -0.415. The molecule has 52 valence electrons. The molecule has 0 fully saturated rings. The van der Waals surface area contributed by atoms with E-state index in [0.29, 0.717) is 6.42 Å². The summed E-state index contributed by atoms with van der Waals surface area (Å²) >= 11 is 0. The molecule has 0 saturated carbocycles. The Morgan fingerprint density at radius 3 is 2.11 bits per heavy atom. The van der Waals surface area contributed by atoms with E-state index in [2.05, 4.69) is 0 Å². The highest BCUT2D eigenvalue weighted by molar-refractivity contribution is 5.65. The van der Waals surface area contributed by atoms with E-state index in [0.717, 1.165) is 19.0 Å². The zero-order chi connectivity index (χ0) is 7.33. The van der Waals surface area contributed by atoms with Gasteiger partial charge >= 0.3 is 0 Å². The van der Waals surface area contributed by atoms with Gasteiger partial charge in [-0.2, -0.15) is 0 Å². The Hall–Kier alpha value is -0.660. The van der Waals surface area contributed by atoms with Gasteiger partial charge in [-0.05, 0) is 6.42 Å². The van der Waals surface area contributed by atoms with Crippen LogP contribution in [0.15, 0.2) is 0 Å². The Morgan fingerprint density at radius 1 is 1.44 bits per heavy atom. The molecule has 0 saturated heterocycles. The number of carbonyl (C=O) groups excluding carboxylic acids is 2. The van der Waals surface area contributed by atoms with Crippen molar-refractivity contribution in [2.75, 3.05) is 0 Å². The maximum atomic E-state index is 10.3. The fourth-order valence-corrected chi connectivity index (χ4v) is 0.466. The highest BCUT2D eigenvalue weighted by Crippen LogP contribution is 2.20. The molecule has 0 aliphatic heterocycles. The van der Waals surface area contributed by atoms with Gasteiger partial charge in [-0.15, -0.1) is 0 Å². The van der Waals surface area contributed by atoms with Crippen molar-refractivity contribution in [3.63, 3.8) is 0 Å². The molecule has 0 aromatic rings. The maximum Gasteiger partial charge on any atom is 0.126 e. The summed E-state index contributed by atoms with van der Waals surface area (Å²) < 4.78 is 0. The van der Waals surface area contributed by atoms with E-state index in [-0.39, 0.29) is 0 Å². The lowest BCUT2D eigenvalue weighted by molar-refractivity contribution is -0.120. The number of carbonyl (C=O) groups is 2. The van der Waals surface area contributed by atoms with Crippen molar-refractivity contribution < 1.29 is 9.59 Å². The van der Waals surface area contributed by atoms with Crippen molar-refractivity contribution in [3.05, 3.63) is 0 Å². The van der Waals surface area contributed by atoms with E-state index >= 15 is 0 Å². The van der Waals surface area contributed by atoms with Crippen LogP contribution in [-0.2, 0) is 9.59 Å². The molecule has 0 N–H and O–H groups in total. The van der Waals surface area contributed by atoms with Crippen molar-refractivity contribution in [2.45, 2.75) is 26.7 Å². The monoisotopic (exact) mass is 128 g/mol. The molecular weight excluding hydrogens is 116 g/mol. The van der Waals surface area contributed by atoms with Crippen LogP contribution in [0.5, 0.6) is 0 Å². The van der Waals surface area contributed by atoms with Gasteiger partial charge in [-0.3, -0.25) is 0 Å². The molecule has 1 unspecified atom stereocenters. The number of hydrogen-bond donors (Lipinski definition) is 0. The van der Waals surface area contributed by atoms with E-state index < -0.39 is 5.41 Å². The van der Waals surface area contributed by atoms with E-state index in [1.807, 2.05) is 6.92 Å². The largest absolute Gasteiger partial charge is 0.303 e. The quantitative estimate of drug-likeness (QED) is 0.533. The third-order valence-electron chi connectivity index (χ3n) is 1.64. The van der Waals surface area contributed by atoms with Crippen molar-refractivity contribution >= 4 is 12.6 Å². The summed E-state index contributed by atoms with van der Waals surface area (Å²) in [6, 6.07) is 0. The third kappa shape index (κ3) is 2.40. The van der Waals surface area contributed by atoms with Crippen LogP contribution in [0.25, 0.3) is 0 Å². The summed E-state index contributed by atoms with van der Waals surface area (Å²) in [7, 11) is 0. The molecule has 2 heteroatoms. The van der Waals surface area contributed by atoms with Crippen LogP contribution in [0.2, 0.25) is 0 Å². The van der Waals surface area contributed by atoms with Gasteiger partial charge in [0.25, 0.3) is 0 Å². The van der Waals surface area contributed by atoms with E-state index in [9.17, 15) is 9.59 Å². The van der Waals surface area contributed by atoms with Crippen LogP contribution in [0.4, 0.5) is 0 Å². The van der Waals surface area contributed by atoms with Gasteiger partial charge in [0, 0.05) is 11.8 Å². The standard InChI is InChI=1S/C7H12O2/c1-3-7(2,6-9)4-5-8/h5-6H,3-4H2,1-2H3. The summed E-state index contributed by atoms with van der Waals surface area (Å²) in [6.45, 7) is 3.69. The van der Waals surface area contributed by atoms with Crippen LogP contribution in [0.1, 0.15) is 26.7 Å². The summed E-state index contributed by atoms with van der Waals surface area (Å²) in [4.78, 5) is 20.3. The summed E-state index contributed by atoms with van der Waals surface area (Å²) in [5.74, 6) is 0. The minimum atomic E-state index is -0.415. The van der Waals surface area contributed by atoms with Crippen LogP contribution >= 0.6 is 0 Å². The lowest BCUT2D eigenvalue weighted by atomic mass is 9.87. The topological polar surface area (TPSA) is 34.1 Å². The molecule has 1 atom stereocenters. The molecule has 0 radical (unpaired) electrons. The van der Waals surface area contributed by atoms with Gasteiger partial charge in [-0.1, -0.05) is 13.8 Å². The van der Waals surface area contributed by atoms with Crippen molar-refractivity contribution in [3.8, 4) is 0 Å². The van der Waals surface area contributed by atoms with Crippen molar-refractivity contribution in [2.24, 2.45) is 5.41 Å². The van der Waals surface area contributed by atoms with Gasteiger partial charge in [0.2, 0.25) is 0 Å². The van der Waals surface area contributed by atoms with Crippen LogP contribution in [0.3, 0.4) is 0 Å². The Labute approximate surface area is 55.3 Å². The molecule has 0 amide bonds. The number of rotatable bonds is 4. The predicted octanol–water partition coefficient (Wildman–Crippen LogP) is 1.19. The molecule has 0 aliphatic carbocycles. The summed E-state index contributed by atoms with van der Waals surface area (Å²) in [6.07, 6.45) is 2.71. The molecule has 0 aromatic carbocycles. The lowest BCUT2D eigenvalue weighted by Crippen LogP contribution is -2.16. The molecule has 0 bridgehead atoms. The van der Waals surface area contributed by atoms with E-state index in [4.69, 9.17) is 0 Å². The first-order valence-corrected chi connectivity index (χ1v) is 3.08. The molecule has 9 heavy (non-hydrogen) atoms. The average Bonchev–Trinajstić information content (AvgIpc) is 1.89. The highest BCUT2D eigenvalue weighted by Gasteiger charge is 2.19. The van der Waals surface area contributed by atoms with Crippen molar-refractivity contribution in [1.29, 1.82) is 0 Å². The normalized spacial score (nSPS) is 16.2. The molecule has 0 aliphatic rings. The fraction of sp³-hybridized carbons (Fsp3) is 0.714. The number of hydrogen-bond acceptors (Lipinski definition) is 2. The second-order valence-electron chi connectivity index (χ2n) is 2.50. The average molecular weight is 128 g/mol. The van der Waals surface area contributed by atoms with Gasteiger partial charge in [0.1, 0.15) is 12.6 Å². The molecule has 0 heterocycles. The number of aldehydes is 2. The van der Waals surface area contributed by atoms with Gasteiger partial charge in [0.15, 0.2) is 0 Å². The smallest absolute Gasteiger partial charge is 0.126 e. The minimum Gasteiger partial charge on any atom is -0.303 e. The van der Waals surface area contributed by atoms with Crippen LogP contribution < -0.4 is 0 Å². The maximum absolute atomic E-state index is 10.3. The highest BCUT2D eigenvalue weighted by atomic mass is 16.1. The van der Waals surface area contributed by atoms with E-state index in [1.54, 1.807) is 6.92 Å². The van der Waals surface area contributed by atoms with Crippen LogP contribution in [0, 0.1) is 5.41 Å². The molecule has 0 rings (SSSR count). The first-order valence-electron chi connectivity index (χ1n) is 3.08. The SMILES string of the molecule is CCC(C)(C=O)CC=O. The zero-order valence-electron chi connectivity index (χ0n) is 5.89. The third-order valence-corrected chi connectivity index (χ3v) is 1.64.